The lowest BCUT2D eigenvalue weighted by Crippen LogP contribution is -2.41. The number of methoxy groups -OCH3 is 1. The minimum atomic E-state index is 0.0414. The van der Waals surface area contributed by atoms with Crippen molar-refractivity contribution >= 4 is 11.7 Å². The SMILES string of the molecule is COc1cccc(OCCNC(=O)C2CCN(c3cnccn3)CC2)c1. The number of nitrogens with one attached hydrogen (secondary N) is 1. The molecule has 1 fully saturated rings. The number of rotatable bonds is 7. The third kappa shape index (κ3) is 4.84. The highest BCUT2D eigenvalue weighted by Crippen LogP contribution is 2.21. The van der Waals surface area contributed by atoms with Crippen molar-refractivity contribution in [2.45, 2.75) is 12.8 Å². The first-order chi connectivity index (χ1) is 12.8. The Bertz CT molecular complexity index is 703. The van der Waals surface area contributed by atoms with E-state index >= 15 is 0 Å². The Hall–Kier alpha value is -2.83. The van der Waals surface area contributed by atoms with Gasteiger partial charge in [0.2, 0.25) is 5.91 Å². The van der Waals surface area contributed by atoms with Crippen LogP contribution in [0, 0.1) is 5.92 Å². The highest BCUT2D eigenvalue weighted by atomic mass is 16.5. The van der Waals surface area contributed by atoms with Crippen LogP contribution in [-0.4, -0.2) is 49.2 Å². The van der Waals surface area contributed by atoms with Gasteiger partial charge >= 0.3 is 0 Å². The highest BCUT2D eigenvalue weighted by molar-refractivity contribution is 5.78. The number of amides is 1. The first kappa shape index (κ1) is 18.0. The molecular weight excluding hydrogens is 332 g/mol. The second kappa shape index (κ2) is 9.03. The number of carbonyl (C=O) groups excluding carboxylic acids is 1. The van der Waals surface area contributed by atoms with Crippen LogP contribution in [0.1, 0.15) is 12.8 Å². The number of ether oxygens (including phenoxy) is 2. The average Bonchev–Trinajstić information content (AvgIpc) is 2.72. The van der Waals surface area contributed by atoms with Crippen LogP contribution >= 0.6 is 0 Å². The van der Waals surface area contributed by atoms with E-state index in [-0.39, 0.29) is 11.8 Å². The van der Waals surface area contributed by atoms with Crippen molar-refractivity contribution < 1.29 is 14.3 Å². The first-order valence-corrected chi connectivity index (χ1v) is 8.82. The Morgan fingerprint density at radius 1 is 1.27 bits per heavy atom. The van der Waals surface area contributed by atoms with Crippen LogP contribution in [0.2, 0.25) is 0 Å². The van der Waals surface area contributed by atoms with Crippen molar-refractivity contribution in [2.24, 2.45) is 5.92 Å². The number of hydrogen-bond donors (Lipinski definition) is 1. The molecule has 1 saturated heterocycles. The summed E-state index contributed by atoms with van der Waals surface area (Å²) in [6.45, 7) is 2.55. The van der Waals surface area contributed by atoms with E-state index in [0.717, 1.165) is 43.2 Å². The predicted octanol–water partition coefficient (Wildman–Crippen LogP) is 1.90. The molecule has 7 heteroatoms. The van der Waals surface area contributed by atoms with Gasteiger partial charge in [0, 0.05) is 37.5 Å². The monoisotopic (exact) mass is 356 g/mol. The minimum Gasteiger partial charge on any atom is -0.497 e. The zero-order chi connectivity index (χ0) is 18.2. The molecule has 1 aromatic heterocycles. The summed E-state index contributed by atoms with van der Waals surface area (Å²) in [5.41, 5.74) is 0. The summed E-state index contributed by atoms with van der Waals surface area (Å²) < 4.78 is 10.8. The molecule has 3 rings (SSSR count). The smallest absolute Gasteiger partial charge is 0.223 e. The molecule has 0 spiro atoms. The normalized spacial score (nSPS) is 14.7. The molecule has 0 radical (unpaired) electrons. The van der Waals surface area contributed by atoms with Crippen molar-refractivity contribution in [3.8, 4) is 11.5 Å². The lowest BCUT2D eigenvalue weighted by molar-refractivity contribution is -0.125. The van der Waals surface area contributed by atoms with Crippen LogP contribution in [0.15, 0.2) is 42.9 Å². The van der Waals surface area contributed by atoms with E-state index in [1.807, 2.05) is 24.3 Å². The molecule has 2 aromatic rings. The molecule has 1 aromatic carbocycles. The molecule has 138 valence electrons. The second-order valence-electron chi connectivity index (χ2n) is 6.14. The molecule has 26 heavy (non-hydrogen) atoms. The van der Waals surface area contributed by atoms with Gasteiger partial charge in [-0.1, -0.05) is 6.07 Å². The molecular formula is C19H24N4O3. The van der Waals surface area contributed by atoms with E-state index in [4.69, 9.17) is 9.47 Å². The molecule has 0 atom stereocenters. The van der Waals surface area contributed by atoms with Crippen molar-refractivity contribution in [1.82, 2.24) is 15.3 Å². The van der Waals surface area contributed by atoms with Crippen LogP contribution in [0.5, 0.6) is 11.5 Å². The Kier molecular flexibility index (Phi) is 6.24. The first-order valence-electron chi connectivity index (χ1n) is 8.82. The number of hydrogen-bond acceptors (Lipinski definition) is 6. The third-order valence-corrected chi connectivity index (χ3v) is 4.45. The standard InChI is InChI=1S/C19H24N4O3/c1-25-16-3-2-4-17(13-16)26-12-9-22-19(24)15-5-10-23(11-6-15)18-14-20-7-8-21-18/h2-4,7-8,13-15H,5-6,9-12H2,1H3,(H,22,24). The summed E-state index contributed by atoms with van der Waals surface area (Å²) in [7, 11) is 1.62. The van der Waals surface area contributed by atoms with E-state index < -0.39 is 0 Å². The Balaban J connectivity index is 1.36. The van der Waals surface area contributed by atoms with E-state index in [0.29, 0.717) is 13.2 Å². The average molecular weight is 356 g/mol. The van der Waals surface area contributed by atoms with Crippen molar-refractivity contribution in [3.63, 3.8) is 0 Å². The van der Waals surface area contributed by atoms with Gasteiger partial charge in [-0.25, -0.2) is 4.98 Å². The summed E-state index contributed by atoms with van der Waals surface area (Å²) in [4.78, 5) is 22.9. The summed E-state index contributed by atoms with van der Waals surface area (Å²) in [6, 6.07) is 7.43. The molecule has 1 N–H and O–H groups in total. The fourth-order valence-corrected chi connectivity index (χ4v) is 3.00. The fraction of sp³-hybridized carbons (Fsp3) is 0.421. The molecule has 1 aliphatic rings. The third-order valence-electron chi connectivity index (χ3n) is 4.45. The Labute approximate surface area is 153 Å². The van der Waals surface area contributed by atoms with Crippen molar-refractivity contribution in [1.29, 1.82) is 0 Å². The van der Waals surface area contributed by atoms with Crippen LogP contribution < -0.4 is 19.7 Å². The van der Waals surface area contributed by atoms with Gasteiger partial charge in [0.25, 0.3) is 0 Å². The maximum atomic E-state index is 12.3. The molecule has 0 saturated carbocycles. The molecule has 1 amide bonds. The zero-order valence-corrected chi connectivity index (χ0v) is 14.9. The van der Waals surface area contributed by atoms with Crippen molar-refractivity contribution in [3.05, 3.63) is 42.9 Å². The molecule has 0 aliphatic carbocycles. The lowest BCUT2D eigenvalue weighted by Gasteiger charge is -2.31. The summed E-state index contributed by atoms with van der Waals surface area (Å²) in [5, 5.41) is 2.96. The second-order valence-corrected chi connectivity index (χ2v) is 6.14. The van der Waals surface area contributed by atoms with Gasteiger partial charge in [-0.05, 0) is 25.0 Å². The molecule has 0 bridgehead atoms. The number of aromatic nitrogens is 2. The van der Waals surface area contributed by atoms with E-state index in [2.05, 4.69) is 20.2 Å². The number of piperidine rings is 1. The number of carbonyl (C=O) groups is 1. The lowest BCUT2D eigenvalue weighted by atomic mass is 9.96. The molecule has 1 aliphatic heterocycles. The van der Waals surface area contributed by atoms with Crippen LogP contribution in [0.3, 0.4) is 0 Å². The largest absolute Gasteiger partial charge is 0.497 e. The van der Waals surface area contributed by atoms with Gasteiger partial charge in [-0.15, -0.1) is 0 Å². The minimum absolute atomic E-state index is 0.0414. The predicted molar refractivity (Wildman–Crippen MR) is 98.5 cm³/mol. The Morgan fingerprint density at radius 3 is 2.81 bits per heavy atom. The molecule has 2 heterocycles. The molecule has 7 nitrogen and oxygen atoms in total. The van der Waals surface area contributed by atoms with Gasteiger partial charge in [-0.2, -0.15) is 0 Å². The van der Waals surface area contributed by atoms with E-state index in [9.17, 15) is 4.79 Å². The van der Waals surface area contributed by atoms with Crippen molar-refractivity contribution in [2.75, 3.05) is 38.3 Å². The summed E-state index contributed by atoms with van der Waals surface area (Å²) in [5.74, 6) is 2.49. The summed E-state index contributed by atoms with van der Waals surface area (Å²) in [6.07, 6.45) is 6.75. The number of anilines is 1. The van der Waals surface area contributed by atoms with Crippen LogP contribution in [-0.2, 0) is 4.79 Å². The van der Waals surface area contributed by atoms with Gasteiger partial charge < -0.3 is 19.7 Å². The number of benzene rings is 1. The number of nitrogens with zero attached hydrogens (tertiary/aromatic N) is 3. The van der Waals surface area contributed by atoms with Gasteiger partial charge in [0.15, 0.2) is 0 Å². The Morgan fingerprint density at radius 2 is 2.08 bits per heavy atom. The molecule has 0 unspecified atom stereocenters. The van der Waals surface area contributed by atoms with Crippen LogP contribution in [0.4, 0.5) is 5.82 Å². The fourth-order valence-electron chi connectivity index (χ4n) is 3.00. The highest BCUT2D eigenvalue weighted by Gasteiger charge is 2.25. The van der Waals surface area contributed by atoms with Gasteiger partial charge in [0.1, 0.15) is 23.9 Å². The maximum Gasteiger partial charge on any atom is 0.223 e. The summed E-state index contributed by atoms with van der Waals surface area (Å²) >= 11 is 0. The van der Waals surface area contributed by atoms with Gasteiger partial charge in [-0.3, -0.25) is 9.78 Å². The topological polar surface area (TPSA) is 76.6 Å². The zero-order valence-electron chi connectivity index (χ0n) is 14.9. The quantitative estimate of drug-likeness (QED) is 0.764. The van der Waals surface area contributed by atoms with E-state index in [1.165, 1.54) is 0 Å². The van der Waals surface area contributed by atoms with Gasteiger partial charge in [0.05, 0.1) is 19.9 Å². The van der Waals surface area contributed by atoms with Crippen LogP contribution in [0.25, 0.3) is 0 Å². The van der Waals surface area contributed by atoms with E-state index in [1.54, 1.807) is 25.7 Å². The maximum absolute atomic E-state index is 12.3.